The third-order valence-electron chi connectivity index (χ3n) is 2.75. The van der Waals surface area contributed by atoms with Gasteiger partial charge in [-0.2, -0.15) is 0 Å². The Balaban J connectivity index is 2.18. The van der Waals surface area contributed by atoms with Gasteiger partial charge >= 0.3 is 0 Å². The van der Waals surface area contributed by atoms with Crippen LogP contribution >= 0.6 is 0 Å². The predicted octanol–water partition coefficient (Wildman–Crippen LogP) is 2.26. The molecule has 106 valence electrons. The van der Waals surface area contributed by atoms with Crippen molar-refractivity contribution < 1.29 is 14.2 Å². The van der Waals surface area contributed by atoms with Crippen molar-refractivity contribution in [2.75, 3.05) is 13.2 Å². The van der Waals surface area contributed by atoms with E-state index in [1.807, 2.05) is 13.0 Å². The molecule has 2 unspecified atom stereocenters. The van der Waals surface area contributed by atoms with Gasteiger partial charge in [-0.1, -0.05) is 24.3 Å². The Morgan fingerprint density at radius 2 is 2.21 bits per heavy atom. The molecule has 0 bridgehead atoms. The normalized spacial score (nSPS) is 14.1. The molecule has 3 nitrogen and oxygen atoms in total. The SMILES string of the molecule is C=CCC(C)NCC(O)COCc1ccccc1F. The van der Waals surface area contributed by atoms with Crippen molar-refractivity contribution in [3.8, 4) is 0 Å². The Hall–Kier alpha value is -1.23. The van der Waals surface area contributed by atoms with E-state index in [4.69, 9.17) is 4.74 Å². The highest BCUT2D eigenvalue weighted by Crippen LogP contribution is 2.07. The predicted molar refractivity (Wildman–Crippen MR) is 74.3 cm³/mol. The third kappa shape index (κ3) is 6.47. The van der Waals surface area contributed by atoms with Gasteiger partial charge in [-0.3, -0.25) is 0 Å². The zero-order chi connectivity index (χ0) is 14.1. The van der Waals surface area contributed by atoms with Crippen molar-refractivity contribution in [2.24, 2.45) is 0 Å². The highest BCUT2D eigenvalue weighted by Gasteiger charge is 2.07. The molecule has 0 aliphatic carbocycles. The van der Waals surface area contributed by atoms with Gasteiger partial charge in [0.1, 0.15) is 5.82 Å². The fourth-order valence-electron chi connectivity index (χ4n) is 1.65. The fourth-order valence-corrected chi connectivity index (χ4v) is 1.65. The second kappa shape index (κ2) is 8.80. The molecule has 19 heavy (non-hydrogen) atoms. The van der Waals surface area contributed by atoms with E-state index in [1.165, 1.54) is 6.07 Å². The molecule has 0 aliphatic heterocycles. The van der Waals surface area contributed by atoms with Crippen LogP contribution in [0.1, 0.15) is 18.9 Å². The molecule has 0 heterocycles. The molecule has 0 aliphatic rings. The number of hydrogen-bond acceptors (Lipinski definition) is 3. The number of nitrogens with one attached hydrogen (secondary N) is 1. The highest BCUT2D eigenvalue weighted by molar-refractivity contribution is 5.16. The Labute approximate surface area is 114 Å². The standard InChI is InChI=1S/C15H22FNO2/c1-3-6-12(2)17-9-14(18)11-19-10-13-7-4-5-8-15(13)16/h3-5,7-8,12,14,17-18H,1,6,9-11H2,2H3. The molecule has 4 heteroatoms. The van der Waals surface area contributed by atoms with E-state index in [0.29, 0.717) is 12.1 Å². The molecule has 0 aromatic heterocycles. The first kappa shape index (κ1) is 15.8. The summed E-state index contributed by atoms with van der Waals surface area (Å²) < 4.78 is 18.6. The quantitative estimate of drug-likeness (QED) is 0.674. The Morgan fingerprint density at radius 1 is 1.47 bits per heavy atom. The summed E-state index contributed by atoms with van der Waals surface area (Å²) in [5.74, 6) is -0.283. The van der Waals surface area contributed by atoms with E-state index < -0.39 is 6.10 Å². The molecule has 2 N–H and O–H groups in total. The molecule has 0 fully saturated rings. The molecule has 0 radical (unpaired) electrons. The van der Waals surface area contributed by atoms with Crippen molar-refractivity contribution in [1.29, 1.82) is 0 Å². The van der Waals surface area contributed by atoms with Gasteiger partial charge in [0.15, 0.2) is 0 Å². The van der Waals surface area contributed by atoms with Gasteiger partial charge in [0, 0.05) is 18.2 Å². The van der Waals surface area contributed by atoms with Crippen LogP contribution in [0.4, 0.5) is 4.39 Å². The molecule has 1 aromatic carbocycles. The summed E-state index contributed by atoms with van der Waals surface area (Å²) >= 11 is 0. The van der Waals surface area contributed by atoms with Gasteiger partial charge in [0.2, 0.25) is 0 Å². The van der Waals surface area contributed by atoms with Gasteiger partial charge in [-0.15, -0.1) is 6.58 Å². The summed E-state index contributed by atoms with van der Waals surface area (Å²) in [6.45, 7) is 6.48. The van der Waals surface area contributed by atoms with Crippen LogP contribution in [0, 0.1) is 5.82 Å². The Kier molecular flexibility index (Phi) is 7.33. The van der Waals surface area contributed by atoms with Crippen LogP contribution in [0.5, 0.6) is 0 Å². The summed E-state index contributed by atoms with van der Waals surface area (Å²) in [5, 5.41) is 12.9. The zero-order valence-corrected chi connectivity index (χ0v) is 11.3. The molecule has 0 spiro atoms. The second-order valence-corrected chi connectivity index (χ2v) is 4.59. The van der Waals surface area contributed by atoms with Gasteiger partial charge in [-0.05, 0) is 19.4 Å². The van der Waals surface area contributed by atoms with Gasteiger partial charge in [0.25, 0.3) is 0 Å². The minimum atomic E-state index is -0.598. The molecular weight excluding hydrogens is 245 g/mol. The maximum Gasteiger partial charge on any atom is 0.128 e. The van der Waals surface area contributed by atoms with Gasteiger partial charge in [-0.25, -0.2) is 4.39 Å². The maximum atomic E-state index is 13.3. The minimum absolute atomic E-state index is 0.173. The number of benzene rings is 1. The number of halogens is 1. The van der Waals surface area contributed by atoms with Crippen molar-refractivity contribution in [2.45, 2.75) is 32.1 Å². The largest absolute Gasteiger partial charge is 0.389 e. The van der Waals surface area contributed by atoms with Crippen LogP contribution in [-0.2, 0) is 11.3 Å². The van der Waals surface area contributed by atoms with Crippen LogP contribution in [0.25, 0.3) is 0 Å². The average Bonchev–Trinajstić information content (AvgIpc) is 2.39. The number of aliphatic hydroxyl groups is 1. The van der Waals surface area contributed by atoms with E-state index in [2.05, 4.69) is 11.9 Å². The van der Waals surface area contributed by atoms with Gasteiger partial charge in [0.05, 0.1) is 19.3 Å². The van der Waals surface area contributed by atoms with Crippen molar-refractivity contribution >= 4 is 0 Å². The molecule has 1 rings (SSSR count). The molecular formula is C15H22FNO2. The summed E-state index contributed by atoms with van der Waals surface area (Å²) in [5.41, 5.74) is 0.502. The van der Waals surface area contributed by atoms with Crippen LogP contribution in [0.2, 0.25) is 0 Å². The number of hydrogen-bond donors (Lipinski definition) is 2. The fraction of sp³-hybridized carbons (Fsp3) is 0.467. The van der Waals surface area contributed by atoms with Crippen molar-refractivity contribution in [3.05, 3.63) is 48.3 Å². The minimum Gasteiger partial charge on any atom is -0.389 e. The first-order chi connectivity index (χ1) is 9.13. The lowest BCUT2D eigenvalue weighted by atomic mass is 10.2. The first-order valence-electron chi connectivity index (χ1n) is 6.47. The van der Waals surface area contributed by atoms with E-state index >= 15 is 0 Å². The Bertz CT molecular complexity index is 384. The topological polar surface area (TPSA) is 41.5 Å². The monoisotopic (exact) mass is 267 g/mol. The van der Waals surface area contributed by atoms with Crippen molar-refractivity contribution in [3.63, 3.8) is 0 Å². The van der Waals surface area contributed by atoms with Crippen LogP contribution < -0.4 is 5.32 Å². The average molecular weight is 267 g/mol. The van der Waals surface area contributed by atoms with Crippen molar-refractivity contribution in [1.82, 2.24) is 5.32 Å². The molecule has 0 amide bonds. The smallest absolute Gasteiger partial charge is 0.128 e. The highest BCUT2D eigenvalue weighted by atomic mass is 19.1. The number of rotatable bonds is 9. The number of aliphatic hydroxyl groups excluding tert-OH is 1. The molecule has 2 atom stereocenters. The lowest BCUT2D eigenvalue weighted by molar-refractivity contribution is 0.0269. The van der Waals surface area contributed by atoms with E-state index in [1.54, 1.807) is 18.2 Å². The van der Waals surface area contributed by atoms with Gasteiger partial charge < -0.3 is 15.2 Å². The first-order valence-corrected chi connectivity index (χ1v) is 6.47. The van der Waals surface area contributed by atoms with E-state index in [9.17, 15) is 9.50 Å². The zero-order valence-electron chi connectivity index (χ0n) is 11.3. The Morgan fingerprint density at radius 3 is 2.89 bits per heavy atom. The maximum absolute atomic E-state index is 13.3. The number of ether oxygens (including phenoxy) is 1. The summed E-state index contributed by atoms with van der Waals surface area (Å²) in [6, 6.07) is 6.74. The summed E-state index contributed by atoms with van der Waals surface area (Å²) in [4.78, 5) is 0. The summed E-state index contributed by atoms with van der Waals surface area (Å²) in [6.07, 6.45) is 2.08. The van der Waals surface area contributed by atoms with Crippen LogP contribution in [-0.4, -0.2) is 30.4 Å². The molecule has 0 saturated heterocycles. The molecule has 1 aromatic rings. The van der Waals surface area contributed by atoms with Crippen LogP contribution in [0.15, 0.2) is 36.9 Å². The van der Waals surface area contributed by atoms with E-state index in [0.717, 1.165) is 6.42 Å². The lowest BCUT2D eigenvalue weighted by Gasteiger charge is -2.16. The lowest BCUT2D eigenvalue weighted by Crippen LogP contribution is -2.35. The molecule has 0 saturated carbocycles. The summed E-state index contributed by atoms with van der Waals surface area (Å²) in [7, 11) is 0. The van der Waals surface area contributed by atoms with E-state index in [-0.39, 0.29) is 25.1 Å². The third-order valence-corrected chi connectivity index (χ3v) is 2.75. The second-order valence-electron chi connectivity index (χ2n) is 4.59. The van der Waals surface area contributed by atoms with Crippen LogP contribution in [0.3, 0.4) is 0 Å².